The summed E-state index contributed by atoms with van der Waals surface area (Å²) in [6.07, 6.45) is 0. The molecule has 0 saturated carbocycles. The molecule has 0 atom stereocenters. The fraction of sp³-hybridized carbons (Fsp3) is 0.333. The van der Waals surface area contributed by atoms with E-state index in [1.165, 1.54) is 5.69 Å². The van der Waals surface area contributed by atoms with Gasteiger partial charge in [0.2, 0.25) is 0 Å². The van der Waals surface area contributed by atoms with Gasteiger partial charge in [-0.15, -0.1) is 0 Å². The number of rotatable bonds is 1. The molecular formula is C12H18N2Y-2. The van der Waals surface area contributed by atoms with Crippen molar-refractivity contribution in [3.8, 4) is 0 Å². The molecule has 1 radical (unpaired) electrons. The Kier molecular flexibility index (Phi) is 7.41. The summed E-state index contributed by atoms with van der Waals surface area (Å²) < 4.78 is 0. The van der Waals surface area contributed by atoms with Crippen LogP contribution in [0, 0.1) is 14.5 Å². The van der Waals surface area contributed by atoms with Gasteiger partial charge in [0, 0.05) is 51.5 Å². The van der Waals surface area contributed by atoms with Crippen LogP contribution in [0.2, 0.25) is 0 Å². The van der Waals surface area contributed by atoms with E-state index in [4.69, 9.17) is 0 Å². The van der Waals surface area contributed by atoms with Crippen molar-refractivity contribution in [1.82, 2.24) is 4.90 Å². The minimum Gasteiger partial charge on any atom is -0.456 e. The van der Waals surface area contributed by atoms with Crippen molar-refractivity contribution in [2.75, 3.05) is 31.1 Å². The van der Waals surface area contributed by atoms with E-state index in [9.17, 15) is 0 Å². The van der Waals surface area contributed by atoms with Crippen LogP contribution < -0.4 is 4.90 Å². The Balaban J connectivity index is 0.000000980. The zero-order chi connectivity index (χ0) is 9.10. The molecule has 0 N–H and O–H groups in total. The molecule has 0 aliphatic carbocycles. The fourth-order valence-corrected chi connectivity index (χ4v) is 1.64. The molecule has 1 heterocycles. The van der Waals surface area contributed by atoms with Crippen LogP contribution in [0.4, 0.5) is 5.69 Å². The first-order valence-corrected chi connectivity index (χ1v) is 4.72. The van der Waals surface area contributed by atoms with Crippen LogP contribution in [-0.4, -0.2) is 31.1 Å². The van der Waals surface area contributed by atoms with E-state index in [0.717, 1.165) is 26.2 Å². The summed E-state index contributed by atoms with van der Waals surface area (Å²) in [6.45, 7) is 4.31. The van der Waals surface area contributed by atoms with Crippen molar-refractivity contribution in [2.45, 2.75) is 0 Å². The van der Waals surface area contributed by atoms with Crippen LogP contribution in [0.15, 0.2) is 30.3 Å². The molecule has 1 aromatic rings. The molecule has 0 bridgehead atoms. The van der Waals surface area contributed by atoms with Crippen LogP contribution in [0.25, 0.3) is 0 Å². The minimum atomic E-state index is 0. The third-order valence-electron chi connectivity index (χ3n) is 2.49. The summed E-state index contributed by atoms with van der Waals surface area (Å²) in [5.74, 6) is 0. The van der Waals surface area contributed by atoms with Crippen LogP contribution in [-0.2, 0) is 32.7 Å². The normalized spacial score (nSPS) is 16.5. The van der Waals surface area contributed by atoms with Crippen LogP contribution >= 0.6 is 0 Å². The van der Waals surface area contributed by atoms with Crippen molar-refractivity contribution in [2.24, 2.45) is 0 Å². The molecule has 1 aliphatic heterocycles. The molecule has 0 unspecified atom stereocenters. The molecule has 0 amide bonds. The quantitative estimate of drug-likeness (QED) is 0.726. The van der Waals surface area contributed by atoms with Gasteiger partial charge in [0.1, 0.15) is 0 Å². The Hall–Kier alpha value is 0.0839. The third-order valence-corrected chi connectivity index (χ3v) is 2.49. The average molecular weight is 279 g/mol. The summed E-state index contributed by atoms with van der Waals surface area (Å²) in [6, 6.07) is 10.6. The fourth-order valence-electron chi connectivity index (χ4n) is 1.64. The standard InChI is InChI=1S/C11H15N2.CH3.Y/c1-12-7-9-13(10-8-12)11-5-3-2-4-6-11;;/h2-6H,1,7-10H2;1H3;/q2*-1;. The SMILES string of the molecule is [CH2-]N1CCN(c2ccccc2)CC1.[CH3-].[Y]. The van der Waals surface area contributed by atoms with Gasteiger partial charge < -0.3 is 17.2 Å². The van der Waals surface area contributed by atoms with Crippen LogP contribution in [0.5, 0.6) is 0 Å². The summed E-state index contributed by atoms with van der Waals surface area (Å²) in [5, 5.41) is 0. The number of para-hydroxylation sites is 1. The maximum Gasteiger partial charge on any atom is 0.0367 e. The molecule has 81 valence electrons. The Bertz CT molecular complexity index is 256. The van der Waals surface area contributed by atoms with Crippen molar-refractivity contribution < 1.29 is 32.7 Å². The molecule has 1 aromatic carbocycles. The van der Waals surface area contributed by atoms with E-state index in [1.54, 1.807) is 0 Å². The van der Waals surface area contributed by atoms with Gasteiger partial charge in [0.05, 0.1) is 0 Å². The summed E-state index contributed by atoms with van der Waals surface area (Å²) in [7, 11) is 3.93. The monoisotopic (exact) mass is 279 g/mol. The molecule has 1 aliphatic rings. The number of anilines is 1. The average Bonchev–Trinajstić information content (AvgIpc) is 2.20. The van der Waals surface area contributed by atoms with E-state index < -0.39 is 0 Å². The van der Waals surface area contributed by atoms with Crippen LogP contribution in [0.3, 0.4) is 0 Å². The number of piperazine rings is 1. The van der Waals surface area contributed by atoms with Gasteiger partial charge in [0.25, 0.3) is 0 Å². The second-order valence-electron chi connectivity index (χ2n) is 3.44. The van der Waals surface area contributed by atoms with E-state index in [2.05, 4.69) is 47.2 Å². The van der Waals surface area contributed by atoms with E-state index >= 15 is 0 Å². The van der Waals surface area contributed by atoms with Crippen molar-refractivity contribution in [3.05, 3.63) is 44.8 Å². The van der Waals surface area contributed by atoms with Crippen LogP contribution in [0.1, 0.15) is 0 Å². The maximum absolute atomic E-state index is 3.93. The summed E-state index contributed by atoms with van der Waals surface area (Å²) in [5.41, 5.74) is 1.33. The number of hydrogen-bond acceptors (Lipinski definition) is 2. The molecule has 0 spiro atoms. The van der Waals surface area contributed by atoms with Gasteiger partial charge in [-0.3, -0.25) is 7.05 Å². The molecule has 1 saturated heterocycles. The predicted molar refractivity (Wildman–Crippen MR) is 62.0 cm³/mol. The smallest absolute Gasteiger partial charge is 0.0367 e. The Morgan fingerprint density at radius 3 is 2.00 bits per heavy atom. The predicted octanol–water partition coefficient (Wildman–Crippen LogP) is 2.05. The van der Waals surface area contributed by atoms with E-state index in [1.807, 2.05) is 0 Å². The van der Waals surface area contributed by atoms with Gasteiger partial charge in [-0.2, -0.15) is 0 Å². The summed E-state index contributed by atoms with van der Waals surface area (Å²) in [4.78, 5) is 4.53. The molecule has 3 heteroatoms. The topological polar surface area (TPSA) is 6.48 Å². The van der Waals surface area contributed by atoms with E-state index in [0.29, 0.717) is 0 Å². The second kappa shape index (κ2) is 7.37. The molecular weight excluding hydrogens is 261 g/mol. The number of hydrogen-bond donors (Lipinski definition) is 0. The number of nitrogens with zero attached hydrogens (tertiary/aromatic N) is 2. The Labute approximate surface area is 119 Å². The summed E-state index contributed by atoms with van der Waals surface area (Å²) >= 11 is 0. The first-order valence-electron chi connectivity index (χ1n) is 4.72. The maximum atomic E-state index is 3.93. The number of benzene rings is 1. The zero-order valence-electron chi connectivity index (χ0n) is 9.39. The first kappa shape index (κ1) is 15.1. The van der Waals surface area contributed by atoms with Crippen molar-refractivity contribution in [3.63, 3.8) is 0 Å². The molecule has 2 nitrogen and oxygen atoms in total. The van der Waals surface area contributed by atoms with E-state index in [-0.39, 0.29) is 40.1 Å². The Morgan fingerprint density at radius 2 is 1.47 bits per heavy atom. The van der Waals surface area contributed by atoms with Gasteiger partial charge in [-0.1, -0.05) is 18.2 Å². The first-order chi connectivity index (χ1) is 6.36. The van der Waals surface area contributed by atoms with Crippen molar-refractivity contribution in [1.29, 1.82) is 0 Å². The zero-order valence-corrected chi connectivity index (χ0v) is 12.2. The minimum absolute atomic E-state index is 0. The van der Waals surface area contributed by atoms with Gasteiger partial charge in [0.15, 0.2) is 0 Å². The van der Waals surface area contributed by atoms with Gasteiger partial charge in [-0.25, -0.2) is 0 Å². The largest absolute Gasteiger partial charge is 0.456 e. The third kappa shape index (κ3) is 4.22. The molecule has 15 heavy (non-hydrogen) atoms. The Morgan fingerprint density at radius 1 is 0.933 bits per heavy atom. The molecule has 0 aromatic heterocycles. The molecule has 2 rings (SSSR count). The van der Waals surface area contributed by atoms with Crippen molar-refractivity contribution >= 4 is 5.69 Å². The van der Waals surface area contributed by atoms with Gasteiger partial charge >= 0.3 is 0 Å². The van der Waals surface area contributed by atoms with Gasteiger partial charge in [-0.05, 0) is 25.2 Å². The molecule has 1 fully saturated rings. The second-order valence-corrected chi connectivity index (χ2v) is 3.44.